The predicted molar refractivity (Wildman–Crippen MR) is 99.4 cm³/mol. The molecule has 1 heterocycles. The van der Waals surface area contributed by atoms with E-state index >= 15 is 0 Å². The Morgan fingerprint density at radius 2 is 1.77 bits per heavy atom. The molecule has 0 radical (unpaired) electrons. The molecule has 6 heteroatoms. The summed E-state index contributed by atoms with van der Waals surface area (Å²) in [4.78, 5) is 24.7. The molecule has 4 N–H and O–H groups in total. The Kier molecular flexibility index (Phi) is 4.69. The number of hydrogen-bond acceptors (Lipinski definition) is 4. The van der Waals surface area contributed by atoms with E-state index in [1.54, 1.807) is 24.3 Å². The van der Waals surface area contributed by atoms with E-state index in [1.165, 1.54) is 0 Å². The maximum Gasteiger partial charge on any atom is 0.251 e. The molecule has 1 saturated heterocycles. The van der Waals surface area contributed by atoms with Gasteiger partial charge in [-0.1, -0.05) is 36.4 Å². The second-order valence-electron chi connectivity index (χ2n) is 6.86. The van der Waals surface area contributed by atoms with Crippen LogP contribution in [0.1, 0.15) is 41.2 Å². The van der Waals surface area contributed by atoms with Gasteiger partial charge in [-0.25, -0.2) is 10.9 Å². The van der Waals surface area contributed by atoms with Crippen LogP contribution in [0.15, 0.2) is 54.6 Å². The third-order valence-electron chi connectivity index (χ3n) is 4.73. The molecule has 2 aromatic carbocycles. The van der Waals surface area contributed by atoms with Crippen LogP contribution in [-0.2, 0) is 4.79 Å². The topological polar surface area (TPSA) is 82.3 Å². The van der Waals surface area contributed by atoms with Gasteiger partial charge in [0.05, 0.1) is 0 Å². The molecular weight excluding hydrogens is 328 g/mol. The zero-order valence-corrected chi connectivity index (χ0v) is 14.4. The smallest absolute Gasteiger partial charge is 0.251 e. The van der Waals surface area contributed by atoms with Crippen LogP contribution in [-0.4, -0.2) is 23.9 Å². The van der Waals surface area contributed by atoms with Gasteiger partial charge in [0.15, 0.2) is 0 Å². The summed E-state index contributed by atoms with van der Waals surface area (Å²) in [5.74, 6) is -0.205. The Morgan fingerprint density at radius 1 is 0.962 bits per heavy atom. The molecule has 4 rings (SSSR count). The molecular formula is C20H22N4O2. The fraction of sp³-hybridized carbons (Fsp3) is 0.300. The minimum Gasteiger partial charge on any atom is -0.349 e. The zero-order chi connectivity index (χ0) is 17.9. The Hall–Kier alpha value is -2.70. The second kappa shape index (κ2) is 7.27. The number of hydrogen-bond donors (Lipinski definition) is 4. The van der Waals surface area contributed by atoms with Crippen molar-refractivity contribution in [2.75, 3.05) is 5.32 Å². The van der Waals surface area contributed by atoms with Crippen LogP contribution < -0.4 is 21.5 Å². The predicted octanol–water partition coefficient (Wildman–Crippen LogP) is 2.13. The normalized spacial score (nSPS) is 22.0. The standard InChI is InChI=1S/C20H22N4O2/c25-19(21-15-9-10-15)14-7-4-8-16(11-14)22-20(26)18-12-17(23-24-18)13-5-2-1-3-6-13/h1-8,11,15,17-18,23-24H,9-10,12H2,(H,21,25)(H,22,26). The summed E-state index contributed by atoms with van der Waals surface area (Å²) in [5.41, 5.74) is 8.57. The van der Waals surface area contributed by atoms with Gasteiger partial charge in [-0.15, -0.1) is 0 Å². The highest BCUT2D eigenvalue weighted by Crippen LogP contribution is 2.23. The molecule has 6 nitrogen and oxygen atoms in total. The van der Waals surface area contributed by atoms with Crippen molar-refractivity contribution in [1.29, 1.82) is 0 Å². The average molecular weight is 350 g/mol. The van der Waals surface area contributed by atoms with Crippen LogP contribution >= 0.6 is 0 Å². The molecule has 134 valence electrons. The number of amides is 2. The van der Waals surface area contributed by atoms with Gasteiger partial charge in [0, 0.05) is 23.3 Å². The van der Waals surface area contributed by atoms with E-state index in [-0.39, 0.29) is 23.9 Å². The number of carbonyl (C=O) groups is 2. The first-order valence-corrected chi connectivity index (χ1v) is 8.97. The van der Waals surface area contributed by atoms with E-state index in [4.69, 9.17) is 0 Å². The Bertz CT molecular complexity index is 804. The summed E-state index contributed by atoms with van der Waals surface area (Å²) >= 11 is 0. The second-order valence-corrected chi connectivity index (χ2v) is 6.86. The van der Waals surface area contributed by atoms with Crippen molar-refractivity contribution < 1.29 is 9.59 Å². The van der Waals surface area contributed by atoms with Crippen molar-refractivity contribution in [3.63, 3.8) is 0 Å². The van der Waals surface area contributed by atoms with E-state index in [9.17, 15) is 9.59 Å². The van der Waals surface area contributed by atoms with Gasteiger partial charge in [-0.05, 0) is 43.0 Å². The van der Waals surface area contributed by atoms with Crippen molar-refractivity contribution >= 4 is 17.5 Å². The van der Waals surface area contributed by atoms with Gasteiger partial charge < -0.3 is 10.6 Å². The molecule has 0 aromatic heterocycles. The third kappa shape index (κ3) is 3.92. The highest BCUT2D eigenvalue weighted by atomic mass is 16.2. The first kappa shape index (κ1) is 16.8. The Morgan fingerprint density at radius 3 is 2.54 bits per heavy atom. The lowest BCUT2D eigenvalue weighted by Crippen LogP contribution is -2.39. The molecule has 0 bridgehead atoms. The van der Waals surface area contributed by atoms with Crippen molar-refractivity contribution in [3.05, 3.63) is 65.7 Å². The number of benzene rings is 2. The molecule has 1 saturated carbocycles. The molecule has 2 atom stereocenters. The maximum absolute atomic E-state index is 12.5. The molecule has 26 heavy (non-hydrogen) atoms. The number of nitrogens with one attached hydrogen (secondary N) is 4. The summed E-state index contributed by atoms with van der Waals surface area (Å²) in [5, 5.41) is 5.85. The van der Waals surface area contributed by atoms with Crippen molar-refractivity contribution in [3.8, 4) is 0 Å². The van der Waals surface area contributed by atoms with Crippen LogP contribution in [0.4, 0.5) is 5.69 Å². The van der Waals surface area contributed by atoms with E-state index in [1.807, 2.05) is 30.3 Å². The lowest BCUT2D eigenvalue weighted by atomic mass is 10.0. The van der Waals surface area contributed by atoms with Crippen LogP contribution in [0.25, 0.3) is 0 Å². The summed E-state index contributed by atoms with van der Waals surface area (Å²) in [6, 6.07) is 17.2. The van der Waals surface area contributed by atoms with Gasteiger partial charge in [-0.2, -0.15) is 0 Å². The molecule has 2 amide bonds. The Balaban J connectivity index is 1.37. The van der Waals surface area contributed by atoms with E-state index in [2.05, 4.69) is 21.5 Å². The highest BCUT2D eigenvalue weighted by molar-refractivity contribution is 5.98. The number of rotatable bonds is 5. The molecule has 2 unspecified atom stereocenters. The number of anilines is 1. The lowest BCUT2D eigenvalue weighted by Gasteiger charge is -2.12. The molecule has 1 aliphatic carbocycles. The fourth-order valence-electron chi connectivity index (χ4n) is 3.10. The molecule has 2 fully saturated rings. The van der Waals surface area contributed by atoms with Crippen LogP contribution in [0, 0.1) is 0 Å². The van der Waals surface area contributed by atoms with E-state index in [0.29, 0.717) is 23.7 Å². The third-order valence-corrected chi connectivity index (χ3v) is 4.73. The first-order valence-electron chi connectivity index (χ1n) is 8.97. The summed E-state index contributed by atoms with van der Waals surface area (Å²) in [7, 11) is 0. The van der Waals surface area contributed by atoms with Gasteiger partial charge >= 0.3 is 0 Å². The summed E-state index contributed by atoms with van der Waals surface area (Å²) < 4.78 is 0. The van der Waals surface area contributed by atoms with Gasteiger partial charge in [-0.3, -0.25) is 9.59 Å². The van der Waals surface area contributed by atoms with Crippen LogP contribution in [0.3, 0.4) is 0 Å². The van der Waals surface area contributed by atoms with Gasteiger partial charge in [0.25, 0.3) is 5.91 Å². The molecule has 1 aliphatic heterocycles. The Labute approximate surface area is 152 Å². The average Bonchev–Trinajstić information content (AvgIpc) is 3.34. The minimum absolute atomic E-state index is 0.0894. The number of carbonyl (C=O) groups excluding carboxylic acids is 2. The van der Waals surface area contributed by atoms with Gasteiger partial charge in [0.1, 0.15) is 6.04 Å². The SMILES string of the molecule is O=C(NC1CC1)c1cccc(NC(=O)C2CC(c3ccccc3)NN2)c1. The van der Waals surface area contributed by atoms with Crippen molar-refractivity contribution in [2.24, 2.45) is 0 Å². The van der Waals surface area contributed by atoms with Crippen LogP contribution in [0.5, 0.6) is 0 Å². The molecule has 2 aromatic rings. The number of hydrazine groups is 1. The highest BCUT2D eigenvalue weighted by Gasteiger charge is 2.30. The minimum atomic E-state index is -0.329. The van der Waals surface area contributed by atoms with E-state index < -0.39 is 0 Å². The lowest BCUT2D eigenvalue weighted by molar-refractivity contribution is -0.117. The van der Waals surface area contributed by atoms with Gasteiger partial charge in [0.2, 0.25) is 5.91 Å². The van der Waals surface area contributed by atoms with Crippen molar-refractivity contribution in [2.45, 2.75) is 37.4 Å². The fourth-order valence-corrected chi connectivity index (χ4v) is 3.10. The monoisotopic (exact) mass is 350 g/mol. The first-order chi connectivity index (χ1) is 12.7. The van der Waals surface area contributed by atoms with Crippen LogP contribution in [0.2, 0.25) is 0 Å². The summed E-state index contributed by atoms with van der Waals surface area (Å²) in [6.07, 6.45) is 2.76. The largest absolute Gasteiger partial charge is 0.349 e. The van der Waals surface area contributed by atoms with E-state index in [0.717, 1.165) is 18.4 Å². The molecule has 2 aliphatic rings. The summed E-state index contributed by atoms with van der Waals surface area (Å²) in [6.45, 7) is 0. The van der Waals surface area contributed by atoms with Crippen molar-refractivity contribution in [1.82, 2.24) is 16.2 Å². The maximum atomic E-state index is 12.5. The quantitative estimate of drug-likeness (QED) is 0.666. The molecule has 0 spiro atoms. The zero-order valence-electron chi connectivity index (χ0n) is 14.4.